The summed E-state index contributed by atoms with van der Waals surface area (Å²) in [5.41, 5.74) is 6.53. The standard InChI is InChI=1S/C28H24N4O5/c1-16-24-21(31-32-26(33)22-15-12-17-6-3-4-7-20(17)30-22)8-5-9-23(24)37-25(16)27(34)29-19-13-10-18(11-14-19)28(35)36-2/h3-4,6-7,10-15H,5,8-9H2,1-2H3,(H,29,34)(H,32,33)/b31-21+. The second kappa shape index (κ2) is 10.1. The third-order valence-electron chi connectivity index (χ3n) is 6.22. The summed E-state index contributed by atoms with van der Waals surface area (Å²) in [7, 11) is 1.31. The maximum absolute atomic E-state index is 13.0. The smallest absolute Gasteiger partial charge is 0.337 e. The molecule has 0 unspecified atom stereocenters. The van der Waals surface area contributed by atoms with Crippen LogP contribution in [0.3, 0.4) is 0 Å². The van der Waals surface area contributed by atoms with Gasteiger partial charge >= 0.3 is 5.97 Å². The van der Waals surface area contributed by atoms with E-state index in [9.17, 15) is 14.4 Å². The van der Waals surface area contributed by atoms with Crippen molar-refractivity contribution < 1.29 is 23.5 Å². The number of hydrogen-bond acceptors (Lipinski definition) is 7. The highest BCUT2D eigenvalue weighted by molar-refractivity contribution is 6.09. The van der Waals surface area contributed by atoms with Crippen molar-refractivity contribution >= 4 is 40.1 Å². The number of rotatable bonds is 5. The van der Waals surface area contributed by atoms with Gasteiger partial charge in [0, 0.05) is 28.6 Å². The Kier molecular flexibility index (Phi) is 6.51. The average Bonchev–Trinajstić information content (AvgIpc) is 3.28. The van der Waals surface area contributed by atoms with Crippen LogP contribution in [0.5, 0.6) is 0 Å². The van der Waals surface area contributed by atoms with E-state index in [1.807, 2.05) is 30.3 Å². The lowest BCUT2D eigenvalue weighted by Crippen LogP contribution is -2.23. The number of ether oxygens (including phenoxy) is 1. The van der Waals surface area contributed by atoms with E-state index in [1.54, 1.807) is 37.3 Å². The zero-order valence-corrected chi connectivity index (χ0v) is 20.3. The molecule has 2 N–H and O–H groups in total. The van der Waals surface area contributed by atoms with E-state index in [4.69, 9.17) is 9.15 Å². The SMILES string of the molecule is COC(=O)c1ccc(NC(=O)c2oc3c(c2C)/C(=N/NC(=O)c2ccc4ccccc4n2)CCC3)cc1. The highest BCUT2D eigenvalue weighted by Crippen LogP contribution is 2.30. The maximum Gasteiger partial charge on any atom is 0.337 e. The van der Waals surface area contributed by atoms with Crippen molar-refractivity contribution in [1.29, 1.82) is 0 Å². The molecule has 9 nitrogen and oxygen atoms in total. The number of amides is 2. The molecule has 0 saturated carbocycles. The third-order valence-corrected chi connectivity index (χ3v) is 6.22. The molecule has 186 valence electrons. The molecule has 2 aromatic carbocycles. The van der Waals surface area contributed by atoms with Crippen molar-refractivity contribution in [3.8, 4) is 0 Å². The molecule has 1 aliphatic rings. The first-order chi connectivity index (χ1) is 17.9. The fraction of sp³-hybridized carbons (Fsp3) is 0.179. The van der Waals surface area contributed by atoms with Crippen molar-refractivity contribution in [3.63, 3.8) is 0 Å². The number of anilines is 1. The van der Waals surface area contributed by atoms with Crippen molar-refractivity contribution in [2.24, 2.45) is 5.10 Å². The Morgan fingerprint density at radius 3 is 2.54 bits per heavy atom. The molecular formula is C28H24N4O5. The van der Waals surface area contributed by atoms with Crippen LogP contribution in [0, 0.1) is 6.92 Å². The Morgan fingerprint density at radius 1 is 0.973 bits per heavy atom. The minimum absolute atomic E-state index is 0.180. The number of carbonyl (C=O) groups is 3. The lowest BCUT2D eigenvalue weighted by atomic mass is 9.93. The fourth-order valence-electron chi connectivity index (χ4n) is 4.36. The molecule has 0 spiro atoms. The van der Waals surface area contributed by atoms with Gasteiger partial charge in [0.1, 0.15) is 11.5 Å². The normalized spacial score (nSPS) is 13.7. The lowest BCUT2D eigenvalue weighted by Gasteiger charge is -2.13. The minimum atomic E-state index is -0.456. The molecule has 0 atom stereocenters. The molecule has 1 aliphatic carbocycles. The van der Waals surface area contributed by atoms with Gasteiger partial charge in [0.05, 0.1) is 23.9 Å². The molecule has 37 heavy (non-hydrogen) atoms. The van der Waals surface area contributed by atoms with Gasteiger partial charge in [0.15, 0.2) is 5.76 Å². The van der Waals surface area contributed by atoms with E-state index >= 15 is 0 Å². The monoisotopic (exact) mass is 496 g/mol. The number of fused-ring (bicyclic) bond motifs is 2. The van der Waals surface area contributed by atoms with Crippen LogP contribution < -0.4 is 10.7 Å². The zero-order chi connectivity index (χ0) is 25.9. The Labute approximate surface area is 212 Å². The van der Waals surface area contributed by atoms with Crippen molar-refractivity contribution in [2.45, 2.75) is 26.2 Å². The van der Waals surface area contributed by atoms with Crippen molar-refractivity contribution in [3.05, 3.63) is 94.6 Å². The lowest BCUT2D eigenvalue weighted by molar-refractivity contribution is 0.0600. The number of aryl methyl sites for hydroxylation is 1. The molecule has 0 radical (unpaired) electrons. The molecule has 0 aliphatic heterocycles. The summed E-state index contributed by atoms with van der Waals surface area (Å²) in [5, 5.41) is 8.11. The van der Waals surface area contributed by atoms with E-state index in [-0.39, 0.29) is 11.5 Å². The second-order valence-corrected chi connectivity index (χ2v) is 8.62. The molecule has 2 aromatic heterocycles. The molecule has 2 amide bonds. The summed E-state index contributed by atoms with van der Waals surface area (Å²) in [4.78, 5) is 41.7. The Balaban J connectivity index is 1.34. The zero-order valence-electron chi connectivity index (χ0n) is 20.3. The molecule has 0 saturated heterocycles. The van der Waals surface area contributed by atoms with Gasteiger partial charge < -0.3 is 14.5 Å². The predicted octanol–water partition coefficient (Wildman–Crippen LogP) is 4.65. The van der Waals surface area contributed by atoms with Gasteiger partial charge in [-0.1, -0.05) is 24.3 Å². The largest absolute Gasteiger partial charge is 0.465 e. The van der Waals surface area contributed by atoms with Crippen molar-refractivity contribution in [2.75, 3.05) is 12.4 Å². The average molecular weight is 497 g/mol. The number of methoxy groups -OCH3 is 1. The molecule has 0 bridgehead atoms. The third kappa shape index (κ3) is 4.84. The van der Waals surface area contributed by atoms with Crippen molar-refractivity contribution in [1.82, 2.24) is 10.4 Å². The molecular weight excluding hydrogens is 472 g/mol. The van der Waals surface area contributed by atoms with E-state index in [1.165, 1.54) is 7.11 Å². The Hall–Kier alpha value is -4.79. The van der Waals surface area contributed by atoms with Crippen LogP contribution >= 0.6 is 0 Å². The highest BCUT2D eigenvalue weighted by atomic mass is 16.5. The quantitative estimate of drug-likeness (QED) is 0.306. The van der Waals surface area contributed by atoms with Crippen LogP contribution in [-0.4, -0.2) is 35.6 Å². The van der Waals surface area contributed by atoms with Crippen LogP contribution in [0.25, 0.3) is 10.9 Å². The van der Waals surface area contributed by atoms with Gasteiger partial charge in [-0.05, 0) is 56.2 Å². The van der Waals surface area contributed by atoms with E-state index in [0.717, 1.165) is 22.9 Å². The number of hydrogen-bond donors (Lipinski definition) is 2. The summed E-state index contributed by atoms with van der Waals surface area (Å²) >= 11 is 0. The number of aromatic nitrogens is 1. The first-order valence-electron chi connectivity index (χ1n) is 11.8. The van der Waals surface area contributed by atoms with E-state index < -0.39 is 17.8 Å². The van der Waals surface area contributed by atoms with E-state index in [2.05, 4.69) is 20.8 Å². The highest BCUT2D eigenvalue weighted by Gasteiger charge is 2.28. The van der Waals surface area contributed by atoms with Crippen LogP contribution in [0.1, 0.15) is 61.1 Å². The molecule has 2 heterocycles. The maximum atomic E-state index is 13.0. The number of nitrogens with zero attached hydrogens (tertiary/aromatic N) is 2. The first kappa shape index (κ1) is 23.9. The number of para-hydroxylation sites is 1. The molecule has 4 aromatic rings. The number of carbonyl (C=O) groups excluding carboxylic acids is 3. The second-order valence-electron chi connectivity index (χ2n) is 8.62. The van der Waals surface area contributed by atoms with Gasteiger partial charge in [-0.25, -0.2) is 15.2 Å². The minimum Gasteiger partial charge on any atom is -0.465 e. The van der Waals surface area contributed by atoms with Crippen LogP contribution in [0.2, 0.25) is 0 Å². The summed E-state index contributed by atoms with van der Waals surface area (Å²) in [6.45, 7) is 1.80. The first-order valence-corrected chi connectivity index (χ1v) is 11.8. The topological polar surface area (TPSA) is 123 Å². The Morgan fingerprint density at radius 2 is 1.76 bits per heavy atom. The summed E-state index contributed by atoms with van der Waals surface area (Å²) in [5.74, 6) is -0.449. The number of pyridine rings is 1. The Bertz CT molecular complexity index is 1550. The van der Waals surface area contributed by atoms with Gasteiger partial charge in [-0.3, -0.25) is 9.59 Å². The number of furan rings is 1. The summed E-state index contributed by atoms with van der Waals surface area (Å²) in [6.07, 6.45) is 2.07. The molecule has 5 rings (SSSR count). The van der Waals surface area contributed by atoms with Gasteiger partial charge in [-0.15, -0.1) is 0 Å². The molecule has 9 heteroatoms. The number of benzene rings is 2. The predicted molar refractivity (Wildman–Crippen MR) is 138 cm³/mol. The summed E-state index contributed by atoms with van der Waals surface area (Å²) in [6, 6.07) is 17.4. The van der Waals surface area contributed by atoms with Gasteiger partial charge in [-0.2, -0.15) is 5.10 Å². The fourth-order valence-corrected chi connectivity index (χ4v) is 4.36. The van der Waals surface area contributed by atoms with Crippen LogP contribution in [0.4, 0.5) is 5.69 Å². The molecule has 0 fully saturated rings. The van der Waals surface area contributed by atoms with Gasteiger partial charge in [0.2, 0.25) is 0 Å². The number of esters is 1. The van der Waals surface area contributed by atoms with Gasteiger partial charge in [0.25, 0.3) is 11.8 Å². The summed E-state index contributed by atoms with van der Waals surface area (Å²) < 4.78 is 10.6. The van der Waals surface area contributed by atoms with E-state index in [0.29, 0.717) is 41.1 Å². The van der Waals surface area contributed by atoms with Crippen LogP contribution in [0.15, 0.2) is 70.2 Å². The van der Waals surface area contributed by atoms with Crippen LogP contribution in [-0.2, 0) is 11.2 Å². The number of nitrogens with one attached hydrogen (secondary N) is 2. The number of hydrazone groups is 1.